The second-order valence-corrected chi connectivity index (χ2v) is 9.87. The Kier molecular flexibility index (Phi) is 15.4. The Morgan fingerprint density at radius 3 is 2.10 bits per heavy atom. The van der Waals surface area contributed by atoms with Gasteiger partial charge in [0.15, 0.2) is 5.78 Å². The van der Waals surface area contributed by atoms with Gasteiger partial charge in [0.25, 0.3) is 0 Å². The molecule has 1 rings (SSSR count). The molecule has 0 aliphatic rings. The van der Waals surface area contributed by atoms with Gasteiger partial charge in [-0.2, -0.15) is 0 Å². The zero-order valence-electron chi connectivity index (χ0n) is 23.6. The van der Waals surface area contributed by atoms with Crippen LogP contribution >= 0.6 is 0 Å². The van der Waals surface area contributed by atoms with Crippen molar-refractivity contribution in [3.05, 3.63) is 35.9 Å². The summed E-state index contributed by atoms with van der Waals surface area (Å²) < 4.78 is 5.24. The standard InChI is InChI=1S/C28H40N4O9/c1-17(26(37)32-22(28(39)40)15-24(29)35)14-23(34)18(2)30-27(38)21(31-19(3)33)12-8-5-9-13-25(36)41-16-20-10-6-4-7-11-20/h4,6-7,10-11,17-18,21-22H,5,8-9,12-16H2,1-3H3,(H2,29,35)(H,30,38)(H,31,33)(H,32,37)(H,39,40)/t17-,18-,21-,22-/m0/s1. The Bertz CT molecular complexity index is 1080. The van der Waals surface area contributed by atoms with Crippen molar-refractivity contribution in [2.24, 2.45) is 11.7 Å². The minimum Gasteiger partial charge on any atom is -0.480 e. The maximum Gasteiger partial charge on any atom is 0.326 e. The number of amides is 4. The summed E-state index contributed by atoms with van der Waals surface area (Å²) in [5.74, 6) is -5.87. The molecular formula is C28H40N4O9. The maximum absolute atomic E-state index is 12.8. The van der Waals surface area contributed by atoms with E-state index in [0.717, 1.165) is 5.56 Å². The van der Waals surface area contributed by atoms with Crippen LogP contribution in [0.2, 0.25) is 0 Å². The van der Waals surface area contributed by atoms with Crippen molar-refractivity contribution in [1.29, 1.82) is 0 Å². The minimum atomic E-state index is -1.52. The zero-order valence-corrected chi connectivity index (χ0v) is 23.6. The lowest BCUT2D eigenvalue weighted by Crippen LogP contribution is -2.51. The van der Waals surface area contributed by atoms with Crippen LogP contribution in [0.15, 0.2) is 30.3 Å². The van der Waals surface area contributed by atoms with E-state index in [1.165, 1.54) is 20.8 Å². The van der Waals surface area contributed by atoms with Gasteiger partial charge in [-0.1, -0.05) is 50.1 Å². The third-order valence-electron chi connectivity index (χ3n) is 6.13. The van der Waals surface area contributed by atoms with Gasteiger partial charge in [0.05, 0.1) is 12.5 Å². The number of nitrogens with two attached hydrogens (primary N) is 1. The van der Waals surface area contributed by atoms with Gasteiger partial charge >= 0.3 is 11.9 Å². The number of unbranched alkanes of at least 4 members (excludes halogenated alkanes) is 2. The number of rotatable bonds is 19. The van der Waals surface area contributed by atoms with E-state index in [9.17, 15) is 33.6 Å². The predicted molar refractivity (Wildman–Crippen MR) is 147 cm³/mol. The van der Waals surface area contributed by atoms with Crippen LogP contribution in [0.25, 0.3) is 0 Å². The third-order valence-corrected chi connectivity index (χ3v) is 6.13. The van der Waals surface area contributed by atoms with Crippen molar-refractivity contribution in [2.75, 3.05) is 0 Å². The highest BCUT2D eigenvalue weighted by molar-refractivity contribution is 5.95. The van der Waals surface area contributed by atoms with Crippen molar-refractivity contribution in [1.82, 2.24) is 16.0 Å². The van der Waals surface area contributed by atoms with Crippen molar-refractivity contribution < 1.29 is 43.4 Å². The first-order chi connectivity index (χ1) is 19.3. The molecule has 6 N–H and O–H groups in total. The van der Waals surface area contributed by atoms with Crippen LogP contribution in [0.5, 0.6) is 0 Å². The fourth-order valence-corrected chi connectivity index (χ4v) is 3.80. The highest BCUT2D eigenvalue weighted by Crippen LogP contribution is 2.10. The van der Waals surface area contributed by atoms with E-state index in [1.807, 2.05) is 30.3 Å². The SMILES string of the molecule is CC(=O)N[C@@H](CCCCCC(=O)OCc1ccccc1)C(=O)N[C@@H](C)C(=O)C[C@H](C)C(=O)N[C@@H](CC(N)=O)C(=O)O. The zero-order chi connectivity index (χ0) is 30.9. The van der Waals surface area contributed by atoms with Gasteiger partial charge < -0.3 is 31.5 Å². The monoisotopic (exact) mass is 576 g/mol. The quantitative estimate of drug-likeness (QED) is 0.116. The van der Waals surface area contributed by atoms with E-state index in [-0.39, 0.29) is 31.8 Å². The van der Waals surface area contributed by atoms with Gasteiger partial charge in [-0.15, -0.1) is 0 Å². The van der Waals surface area contributed by atoms with Crippen LogP contribution in [0.3, 0.4) is 0 Å². The molecule has 13 nitrogen and oxygen atoms in total. The molecule has 0 spiro atoms. The summed E-state index contributed by atoms with van der Waals surface area (Å²) in [7, 11) is 0. The smallest absolute Gasteiger partial charge is 0.326 e. The number of carboxylic acids is 1. The molecule has 0 fully saturated rings. The number of carbonyl (C=O) groups is 7. The summed E-state index contributed by atoms with van der Waals surface area (Å²) in [6, 6.07) is 5.89. The van der Waals surface area contributed by atoms with Gasteiger partial charge in [-0.3, -0.25) is 28.8 Å². The van der Waals surface area contributed by atoms with E-state index >= 15 is 0 Å². The molecule has 41 heavy (non-hydrogen) atoms. The number of benzene rings is 1. The average molecular weight is 577 g/mol. The van der Waals surface area contributed by atoms with E-state index in [2.05, 4.69) is 16.0 Å². The van der Waals surface area contributed by atoms with Gasteiger partial charge in [0.1, 0.15) is 18.7 Å². The molecule has 1 aromatic carbocycles. The molecule has 4 amide bonds. The normalized spacial score (nSPS) is 13.5. The number of carboxylic acid groups (broad SMARTS) is 1. The number of aliphatic carboxylic acids is 1. The Balaban J connectivity index is 2.49. The molecular weight excluding hydrogens is 536 g/mol. The molecule has 0 aliphatic heterocycles. The lowest BCUT2D eigenvalue weighted by Gasteiger charge is -2.21. The molecule has 0 saturated carbocycles. The molecule has 4 atom stereocenters. The molecule has 226 valence electrons. The van der Waals surface area contributed by atoms with Crippen molar-refractivity contribution in [3.8, 4) is 0 Å². The summed E-state index contributed by atoms with van der Waals surface area (Å²) in [5, 5.41) is 16.4. The molecule has 0 saturated heterocycles. The second-order valence-electron chi connectivity index (χ2n) is 9.87. The summed E-state index contributed by atoms with van der Waals surface area (Å²) in [6.45, 7) is 4.30. The number of esters is 1. The molecule has 0 heterocycles. The van der Waals surface area contributed by atoms with E-state index in [1.54, 1.807) is 0 Å². The molecule has 13 heteroatoms. The number of nitrogens with one attached hydrogen (secondary N) is 3. The van der Waals surface area contributed by atoms with Crippen LogP contribution in [0.1, 0.15) is 71.3 Å². The van der Waals surface area contributed by atoms with Gasteiger partial charge in [-0.25, -0.2) is 4.79 Å². The van der Waals surface area contributed by atoms with Gasteiger partial charge in [-0.05, 0) is 25.3 Å². The number of primary amides is 1. The van der Waals surface area contributed by atoms with E-state index in [0.29, 0.717) is 19.3 Å². The summed E-state index contributed by atoms with van der Waals surface area (Å²) in [6.07, 6.45) is 1.27. The fraction of sp³-hybridized carbons (Fsp3) is 0.536. The first-order valence-corrected chi connectivity index (χ1v) is 13.4. The number of ether oxygens (including phenoxy) is 1. The number of carbonyl (C=O) groups excluding carboxylic acids is 6. The summed E-state index contributed by atoms with van der Waals surface area (Å²) >= 11 is 0. The van der Waals surface area contributed by atoms with Gasteiger partial charge in [0, 0.05) is 25.7 Å². The topological polar surface area (TPSA) is 211 Å². The van der Waals surface area contributed by atoms with Crippen molar-refractivity contribution in [3.63, 3.8) is 0 Å². The molecule has 0 aromatic heterocycles. The molecule has 0 aliphatic carbocycles. The molecule has 0 unspecified atom stereocenters. The van der Waals surface area contributed by atoms with Crippen LogP contribution in [0, 0.1) is 5.92 Å². The number of hydrogen-bond donors (Lipinski definition) is 5. The van der Waals surface area contributed by atoms with Crippen LogP contribution in [-0.2, 0) is 44.9 Å². The highest BCUT2D eigenvalue weighted by atomic mass is 16.5. The number of hydrogen-bond acceptors (Lipinski definition) is 8. The first-order valence-electron chi connectivity index (χ1n) is 13.4. The van der Waals surface area contributed by atoms with Gasteiger partial charge in [0.2, 0.25) is 23.6 Å². The Morgan fingerprint density at radius 2 is 1.51 bits per heavy atom. The Morgan fingerprint density at radius 1 is 0.854 bits per heavy atom. The van der Waals surface area contributed by atoms with E-state index < -0.39 is 65.8 Å². The maximum atomic E-state index is 12.8. The number of Topliss-reactive ketones (excluding diaryl/α,β-unsaturated/α-hetero) is 1. The number of ketones is 1. The average Bonchev–Trinajstić information content (AvgIpc) is 2.90. The van der Waals surface area contributed by atoms with Crippen molar-refractivity contribution in [2.45, 2.75) is 90.4 Å². The molecule has 0 radical (unpaired) electrons. The van der Waals surface area contributed by atoms with E-state index in [4.69, 9.17) is 15.6 Å². The largest absolute Gasteiger partial charge is 0.480 e. The lowest BCUT2D eigenvalue weighted by atomic mass is 9.99. The highest BCUT2D eigenvalue weighted by Gasteiger charge is 2.28. The van der Waals surface area contributed by atoms with Crippen LogP contribution in [-0.4, -0.2) is 64.6 Å². The third kappa shape index (κ3) is 14.6. The predicted octanol–water partition coefficient (Wildman–Crippen LogP) is 0.730. The molecule has 0 bridgehead atoms. The Hall–Kier alpha value is -4.29. The lowest BCUT2D eigenvalue weighted by molar-refractivity contribution is -0.145. The van der Waals surface area contributed by atoms with Crippen LogP contribution < -0.4 is 21.7 Å². The first kappa shape index (κ1) is 34.7. The summed E-state index contributed by atoms with van der Waals surface area (Å²) in [5.41, 5.74) is 5.89. The second kappa shape index (κ2) is 18.1. The van der Waals surface area contributed by atoms with Crippen LogP contribution in [0.4, 0.5) is 0 Å². The Labute approximate surface area is 238 Å². The fourth-order valence-electron chi connectivity index (χ4n) is 3.80. The van der Waals surface area contributed by atoms with Crippen molar-refractivity contribution >= 4 is 41.4 Å². The molecule has 1 aromatic rings. The summed E-state index contributed by atoms with van der Waals surface area (Å²) in [4.78, 5) is 83.6. The minimum absolute atomic E-state index is 0.197.